The highest BCUT2D eigenvalue weighted by Crippen LogP contribution is 2.21. The van der Waals surface area contributed by atoms with Gasteiger partial charge < -0.3 is 25.2 Å². The van der Waals surface area contributed by atoms with Gasteiger partial charge in [0.2, 0.25) is 17.7 Å². The lowest BCUT2D eigenvalue weighted by molar-refractivity contribution is -0.132. The Morgan fingerprint density at radius 1 is 0.976 bits per heavy atom. The average molecular weight is 556 g/mol. The molecule has 10 nitrogen and oxygen atoms in total. The number of amides is 3. The van der Waals surface area contributed by atoms with Gasteiger partial charge in [-0.1, -0.05) is 78.0 Å². The minimum absolute atomic E-state index is 0.101. The fourth-order valence-electron chi connectivity index (χ4n) is 5.24. The zero-order valence-electron chi connectivity index (χ0n) is 22.8. The van der Waals surface area contributed by atoms with Crippen LogP contribution in [-0.4, -0.2) is 57.2 Å². The lowest BCUT2D eigenvalue weighted by atomic mass is 9.95. The number of benzene rings is 3. The fourth-order valence-corrected chi connectivity index (χ4v) is 5.24. The van der Waals surface area contributed by atoms with Crippen LogP contribution in [0, 0.1) is 12.8 Å². The van der Waals surface area contributed by atoms with Crippen LogP contribution in [0.3, 0.4) is 0 Å². The van der Waals surface area contributed by atoms with Gasteiger partial charge in [-0.15, -0.1) is 0 Å². The predicted octanol–water partition coefficient (Wildman–Crippen LogP) is 4.05. The van der Waals surface area contributed by atoms with Gasteiger partial charge in [0.1, 0.15) is 12.1 Å². The monoisotopic (exact) mass is 555 g/mol. The Morgan fingerprint density at radius 3 is 2.46 bits per heavy atom. The summed E-state index contributed by atoms with van der Waals surface area (Å²) in [6.45, 7) is 2.20. The van der Waals surface area contributed by atoms with Crippen LogP contribution in [0.25, 0.3) is 10.8 Å². The van der Waals surface area contributed by atoms with E-state index in [1.165, 1.54) is 4.90 Å². The molecule has 212 valence electrons. The number of carbonyl (C=O) groups excluding carboxylic acids is 2. The molecule has 3 N–H and O–H groups in total. The Morgan fingerprint density at radius 2 is 1.73 bits per heavy atom. The molecule has 0 radical (unpaired) electrons. The number of nitrogens with zero attached hydrogens (tertiary/aromatic N) is 3. The van der Waals surface area contributed by atoms with Crippen molar-refractivity contribution in [2.24, 2.45) is 5.92 Å². The standard InChI is InChI=1S/C31H33N5O5/c1-20-32-30(41-35-20)27(17-21-8-3-2-4-9-21)34-29(38)26(18-22-13-14-23-10-5-6-11-24(23)16-22)33-28(37)25-12-7-15-36(19-25)31(39)40/h2-6,8-11,13-14,16,25-27H,7,12,15,17-19H2,1H3,(H,33,37)(H,34,38)(H,39,40)/t25-,26-,27-/m1/s1. The van der Waals surface area contributed by atoms with Crippen LogP contribution < -0.4 is 10.6 Å². The number of hydrogen-bond donors (Lipinski definition) is 3. The summed E-state index contributed by atoms with van der Waals surface area (Å²) in [7, 11) is 0. The highest BCUT2D eigenvalue weighted by Gasteiger charge is 2.32. The molecule has 3 atom stereocenters. The Hall–Kier alpha value is -4.73. The highest BCUT2D eigenvalue weighted by molar-refractivity contribution is 5.89. The van der Waals surface area contributed by atoms with Gasteiger partial charge in [-0.3, -0.25) is 9.59 Å². The average Bonchev–Trinajstić information content (AvgIpc) is 3.43. The number of nitrogens with one attached hydrogen (secondary N) is 2. The maximum atomic E-state index is 13.9. The van der Waals surface area contributed by atoms with E-state index in [-0.39, 0.29) is 24.8 Å². The van der Waals surface area contributed by atoms with E-state index in [9.17, 15) is 19.5 Å². The molecule has 0 unspecified atom stereocenters. The predicted molar refractivity (Wildman–Crippen MR) is 152 cm³/mol. The molecule has 10 heteroatoms. The molecule has 1 aliphatic rings. The first kappa shape index (κ1) is 27.8. The first-order valence-corrected chi connectivity index (χ1v) is 13.8. The molecule has 1 aromatic heterocycles. The lowest BCUT2D eigenvalue weighted by Gasteiger charge is -2.31. The van der Waals surface area contributed by atoms with Crippen molar-refractivity contribution in [1.29, 1.82) is 0 Å². The van der Waals surface area contributed by atoms with Crippen LogP contribution in [0.4, 0.5) is 4.79 Å². The van der Waals surface area contributed by atoms with E-state index in [0.717, 1.165) is 21.9 Å². The van der Waals surface area contributed by atoms with E-state index in [1.807, 2.05) is 72.8 Å². The molecule has 3 aromatic carbocycles. The number of hydrogen-bond acceptors (Lipinski definition) is 6. The van der Waals surface area contributed by atoms with Crippen molar-refractivity contribution in [2.75, 3.05) is 13.1 Å². The SMILES string of the molecule is Cc1noc([C@@H](Cc2ccccc2)NC(=O)[C@@H](Cc2ccc3ccccc3c2)NC(=O)[C@@H]2CCCN(C(=O)O)C2)n1. The summed E-state index contributed by atoms with van der Waals surface area (Å²) >= 11 is 0. The second-order valence-corrected chi connectivity index (χ2v) is 10.4. The van der Waals surface area contributed by atoms with Crippen LogP contribution in [0.1, 0.15) is 41.7 Å². The minimum atomic E-state index is -1.05. The van der Waals surface area contributed by atoms with Crippen molar-refractivity contribution < 1.29 is 24.0 Å². The summed E-state index contributed by atoms with van der Waals surface area (Å²) in [5.41, 5.74) is 1.85. The molecule has 0 bridgehead atoms. The van der Waals surface area contributed by atoms with E-state index in [1.54, 1.807) is 6.92 Å². The van der Waals surface area contributed by atoms with Crippen molar-refractivity contribution in [3.8, 4) is 0 Å². The number of fused-ring (bicyclic) bond motifs is 1. The van der Waals surface area contributed by atoms with Crippen LogP contribution in [0.5, 0.6) is 0 Å². The molecular weight excluding hydrogens is 522 g/mol. The number of carbonyl (C=O) groups is 3. The van der Waals surface area contributed by atoms with Gasteiger partial charge in [0.05, 0.1) is 5.92 Å². The summed E-state index contributed by atoms with van der Waals surface area (Å²) in [6.07, 6.45) is 0.755. The highest BCUT2D eigenvalue weighted by atomic mass is 16.5. The van der Waals surface area contributed by atoms with Gasteiger partial charge in [0.15, 0.2) is 5.82 Å². The Kier molecular flexibility index (Phi) is 8.57. The zero-order chi connectivity index (χ0) is 28.8. The number of rotatable bonds is 9. The van der Waals surface area contributed by atoms with E-state index < -0.39 is 30.0 Å². The summed E-state index contributed by atoms with van der Waals surface area (Å²) < 4.78 is 5.43. The molecule has 5 rings (SSSR count). The minimum Gasteiger partial charge on any atom is -0.465 e. The second-order valence-electron chi connectivity index (χ2n) is 10.4. The van der Waals surface area contributed by atoms with Crippen molar-refractivity contribution >= 4 is 28.7 Å². The molecule has 0 saturated carbocycles. The Labute approximate surface area is 237 Å². The molecule has 1 saturated heterocycles. The summed E-state index contributed by atoms with van der Waals surface area (Å²) in [6, 6.07) is 22.0. The second kappa shape index (κ2) is 12.6. The van der Waals surface area contributed by atoms with Gasteiger partial charge >= 0.3 is 6.09 Å². The number of carboxylic acid groups (broad SMARTS) is 1. The molecular formula is C31H33N5O5. The van der Waals surface area contributed by atoms with Gasteiger partial charge in [-0.2, -0.15) is 4.98 Å². The molecule has 3 amide bonds. The fraction of sp³-hybridized carbons (Fsp3) is 0.323. The Balaban J connectivity index is 1.39. The number of aryl methyl sites for hydroxylation is 1. The van der Waals surface area contributed by atoms with Crippen LogP contribution in [0.2, 0.25) is 0 Å². The van der Waals surface area contributed by atoms with E-state index >= 15 is 0 Å². The van der Waals surface area contributed by atoms with Crippen molar-refractivity contribution in [2.45, 2.75) is 44.7 Å². The van der Waals surface area contributed by atoms with Gasteiger partial charge in [-0.25, -0.2) is 4.79 Å². The molecule has 2 heterocycles. The number of aromatic nitrogens is 2. The molecule has 1 fully saturated rings. The maximum absolute atomic E-state index is 13.9. The van der Waals surface area contributed by atoms with Crippen LogP contribution >= 0.6 is 0 Å². The summed E-state index contributed by atoms with van der Waals surface area (Å²) in [4.78, 5) is 44.4. The lowest BCUT2D eigenvalue weighted by Crippen LogP contribution is -2.53. The Bertz CT molecular complexity index is 1520. The smallest absolute Gasteiger partial charge is 0.407 e. The summed E-state index contributed by atoms with van der Waals surface area (Å²) in [5.74, 6) is -0.543. The van der Waals surface area contributed by atoms with Gasteiger partial charge in [-0.05, 0) is 41.7 Å². The van der Waals surface area contributed by atoms with Crippen LogP contribution in [0.15, 0.2) is 77.3 Å². The molecule has 1 aliphatic heterocycles. The third kappa shape index (κ3) is 7.08. The van der Waals surface area contributed by atoms with Crippen LogP contribution in [-0.2, 0) is 22.4 Å². The summed E-state index contributed by atoms with van der Waals surface area (Å²) in [5, 5.41) is 21.4. The third-order valence-electron chi connectivity index (χ3n) is 7.39. The van der Waals surface area contributed by atoms with Gasteiger partial charge in [0.25, 0.3) is 0 Å². The number of piperidine rings is 1. The van der Waals surface area contributed by atoms with E-state index in [2.05, 4.69) is 20.8 Å². The van der Waals surface area contributed by atoms with E-state index in [0.29, 0.717) is 31.6 Å². The van der Waals surface area contributed by atoms with Gasteiger partial charge in [0, 0.05) is 25.9 Å². The number of likely N-dealkylation sites (tertiary alicyclic amines) is 1. The topological polar surface area (TPSA) is 138 Å². The first-order chi connectivity index (χ1) is 19.9. The van der Waals surface area contributed by atoms with E-state index in [4.69, 9.17) is 4.52 Å². The van der Waals surface area contributed by atoms with Crippen molar-refractivity contribution in [3.63, 3.8) is 0 Å². The molecule has 41 heavy (non-hydrogen) atoms. The first-order valence-electron chi connectivity index (χ1n) is 13.8. The quantitative estimate of drug-likeness (QED) is 0.283. The molecule has 0 spiro atoms. The normalized spacial score (nSPS) is 16.6. The maximum Gasteiger partial charge on any atom is 0.407 e. The molecule has 0 aliphatic carbocycles. The largest absolute Gasteiger partial charge is 0.465 e. The zero-order valence-corrected chi connectivity index (χ0v) is 22.8. The van der Waals surface area contributed by atoms with Crippen molar-refractivity contribution in [3.05, 3.63) is 95.6 Å². The molecule has 4 aromatic rings. The third-order valence-corrected chi connectivity index (χ3v) is 7.39. The van der Waals surface area contributed by atoms with Crippen molar-refractivity contribution in [1.82, 2.24) is 25.7 Å².